The molecule has 3 amide bonds. The molecule has 3 heterocycles. The molecule has 0 saturated carbocycles. The largest absolute Gasteiger partial charge is 0.451 e. The summed E-state index contributed by atoms with van der Waals surface area (Å²) in [6.45, 7) is 11.1. The average Bonchev–Trinajstić information content (AvgIpc) is 2.96. The third-order valence-corrected chi connectivity index (χ3v) is 7.98. The second-order valence-corrected chi connectivity index (χ2v) is 11.6. The summed E-state index contributed by atoms with van der Waals surface area (Å²) in [5, 5.41) is 8.07. The predicted octanol–water partition coefficient (Wildman–Crippen LogP) is 3.42. The maximum Gasteiger partial charge on any atom is 0.316 e. The predicted molar refractivity (Wildman–Crippen MR) is 156 cm³/mol. The van der Waals surface area contributed by atoms with Gasteiger partial charge < -0.3 is 15.4 Å². The minimum Gasteiger partial charge on any atom is -0.451 e. The SMILES string of the molecule is CC[C@@]1(C)/C=C/c2ccc3ccc(nc3c2)[C@@H](C)NC(=O)[C@@H]2CCCN(N2)C(=O)[C@H](C)NC(=O)[C@H](C(C)C)OC1=O. The van der Waals surface area contributed by atoms with Gasteiger partial charge in [0.15, 0.2) is 6.10 Å². The lowest BCUT2D eigenvalue weighted by molar-refractivity contribution is -0.166. The monoisotopic (exact) mass is 563 g/mol. The zero-order valence-electron chi connectivity index (χ0n) is 24.7. The highest BCUT2D eigenvalue weighted by atomic mass is 16.5. The molecular weight excluding hydrogens is 522 g/mol. The van der Waals surface area contributed by atoms with Crippen LogP contribution in [-0.4, -0.2) is 58.4 Å². The number of cyclic esters (lactones) is 1. The number of nitrogens with zero attached hydrogens (tertiary/aromatic N) is 2. The van der Waals surface area contributed by atoms with Gasteiger partial charge in [-0.3, -0.25) is 29.2 Å². The second kappa shape index (κ2) is 12.4. The first-order chi connectivity index (χ1) is 19.4. The fourth-order valence-electron chi connectivity index (χ4n) is 4.96. The first-order valence-electron chi connectivity index (χ1n) is 14.4. The fraction of sp³-hybridized carbons (Fsp3) is 0.516. The summed E-state index contributed by atoms with van der Waals surface area (Å²) in [6.07, 6.45) is 4.22. The van der Waals surface area contributed by atoms with Gasteiger partial charge in [0.1, 0.15) is 12.1 Å². The normalized spacial score (nSPS) is 29.2. The van der Waals surface area contributed by atoms with E-state index in [2.05, 4.69) is 16.1 Å². The molecule has 10 nitrogen and oxygen atoms in total. The molecule has 5 atom stereocenters. The number of pyridine rings is 1. The Kier molecular flexibility index (Phi) is 9.11. The molecule has 10 heteroatoms. The van der Waals surface area contributed by atoms with E-state index >= 15 is 0 Å². The molecule has 220 valence electrons. The Balaban J connectivity index is 1.72. The summed E-state index contributed by atoms with van der Waals surface area (Å²) in [4.78, 5) is 57.9. The Bertz CT molecular complexity index is 1360. The van der Waals surface area contributed by atoms with E-state index in [4.69, 9.17) is 9.72 Å². The summed E-state index contributed by atoms with van der Waals surface area (Å²) >= 11 is 0. The lowest BCUT2D eigenvalue weighted by Crippen LogP contribution is -2.61. The van der Waals surface area contributed by atoms with Crippen LogP contribution in [0.25, 0.3) is 17.0 Å². The number of fused-ring (bicyclic) bond motifs is 4. The van der Waals surface area contributed by atoms with E-state index in [1.807, 2.05) is 50.3 Å². The maximum absolute atomic E-state index is 13.4. The highest BCUT2D eigenvalue weighted by Gasteiger charge is 2.37. The number of carbonyl (C=O) groups is 4. The summed E-state index contributed by atoms with van der Waals surface area (Å²) in [7, 11) is 0. The highest BCUT2D eigenvalue weighted by molar-refractivity contribution is 5.91. The molecule has 3 N–H and O–H groups in total. The van der Waals surface area contributed by atoms with E-state index < -0.39 is 35.5 Å². The number of benzene rings is 1. The lowest BCUT2D eigenvalue weighted by atomic mass is 9.86. The Morgan fingerprint density at radius 3 is 2.46 bits per heavy atom. The average molecular weight is 564 g/mol. The third-order valence-electron chi connectivity index (χ3n) is 7.98. The van der Waals surface area contributed by atoms with Gasteiger partial charge in [0.2, 0.25) is 5.91 Å². The number of aromatic nitrogens is 1. The molecule has 2 aliphatic heterocycles. The zero-order valence-corrected chi connectivity index (χ0v) is 24.7. The molecule has 2 aliphatic rings. The molecule has 1 aromatic carbocycles. The first kappa shape index (κ1) is 30.2. The van der Waals surface area contributed by atoms with Gasteiger partial charge in [-0.1, -0.05) is 51.1 Å². The number of hydrogen-bond donors (Lipinski definition) is 3. The number of amides is 3. The van der Waals surface area contributed by atoms with E-state index in [9.17, 15) is 19.2 Å². The van der Waals surface area contributed by atoms with Crippen molar-refractivity contribution in [3.05, 3.63) is 47.7 Å². The molecule has 1 fully saturated rings. The van der Waals surface area contributed by atoms with Crippen molar-refractivity contribution in [1.29, 1.82) is 0 Å². The van der Waals surface area contributed by atoms with Gasteiger partial charge in [-0.05, 0) is 63.6 Å². The Morgan fingerprint density at radius 1 is 1.05 bits per heavy atom. The van der Waals surface area contributed by atoms with Crippen molar-refractivity contribution in [3.8, 4) is 0 Å². The number of carbonyl (C=O) groups excluding carboxylic acids is 4. The number of hydrazine groups is 1. The summed E-state index contributed by atoms with van der Waals surface area (Å²) in [6, 6.07) is 7.83. The fourth-order valence-corrected chi connectivity index (χ4v) is 4.96. The van der Waals surface area contributed by atoms with Crippen LogP contribution in [0.5, 0.6) is 0 Å². The molecule has 1 saturated heterocycles. The van der Waals surface area contributed by atoms with E-state index in [1.165, 1.54) is 5.01 Å². The van der Waals surface area contributed by atoms with Gasteiger partial charge in [0.05, 0.1) is 22.7 Å². The van der Waals surface area contributed by atoms with E-state index in [-0.39, 0.29) is 23.8 Å². The third kappa shape index (κ3) is 6.75. The smallest absolute Gasteiger partial charge is 0.316 e. The molecule has 1 aromatic heterocycles. The summed E-state index contributed by atoms with van der Waals surface area (Å²) < 4.78 is 5.79. The van der Waals surface area contributed by atoms with Gasteiger partial charge in [-0.25, -0.2) is 5.43 Å². The van der Waals surface area contributed by atoms with Crippen LogP contribution in [0.15, 0.2) is 36.4 Å². The van der Waals surface area contributed by atoms with Crippen LogP contribution in [0.3, 0.4) is 0 Å². The van der Waals surface area contributed by atoms with Gasteiger partial charge in [-0.15, -0.1) is 0 Å². The molecule has 0 radical (unpaired) electrons. The van der Waals surface area contributed by atoms with Crippen molar-refractivity contribution in [3.63, 3.8) is 0 Å². The van der Waals surface area contributed by atoms with Crippen molar-refractivity contribution in [2.45, 2.75) is 85.0 Å². The Labute approximate surface area is 241 Å². The van der Waals surface area contributed by atoms with Gasteiger partial charge in [0.25, 0.3) is 11.8 Å². The number of ether oxygens (including phenoxy) is 1. The van der Waals surface area contributed by atoms with Crippen LogP contribution in [-0.2, 0) is 23.9 Å². The molecule has 0 unspecified atom stereocenters. The molecular formula is C31H41N5O5. The Hall–Kier alpha value is -3.79. The maximum atomic E-state index is 13.4. The van der Waals surface area contributed by atoms with Crippen molar-refractivity contribution in [2.75, 3.05) is 6.54 Å². The van der Waals surface area contributed by atoms with Gasteiger partial charge in [0, 0.05) is 11.9 Å². The van der Waals surface area contributed by atoms with Crippen molar-refractivity contribution >= 4 is 40.7 Å². The first-order valence-corrected chi connectivity index (χ1v) is 14.4. The van der Waals surface area contributed by atoms with Crippen molar-refractivity contribution in [1.82, 2.24) is 26.1 Å². The van der Waals surface area contributed by atoms with Crippen LogP contribution in [0.2, 0.25) is 0 Å². The summed E-state index contributed by atoms with van der Waals surface area (Å²) in [5.74, 6) is -2.00. The van der Waals surface area contributed by atoms with E-state index in [0.29, 0.717) is 31.5 Å². The topological polar surface area (TPSA) is 130 Å². The Morgan fingerprint density at radius 2 is 1.76 bits per heavy atom. The quantitative estimate of drug-likeness (QED) is 0.478. The van der Waals surface area contributed by atoms with E-state index in [1.54, 1.807) is 33.8 Å². The lowest BCUT2D eigenvalue weighted by Gasteiger charge is -2.35. The molecule has 4 rings (SSSR count). The van der Waals surface area contributed by atoms with E-state index in [0.717, 1.165) is 16.5 Å². The van der Waals surface area contributed by atoms with Crippen molar-refractivity contribution < 1.29 is 23.9 Å². The van der Waals surface area contributed by atoms with Crippen LogP contribution >= 0.6 is 0 Å². The van der Waals surface area contributed by atoms with Crippen LogP contribution in [0.1, 0.15) is 78.1 Å². The number of hydrogen-bond acceptors (Lipinski definition) is 7. The van der Waals surface area contributed by atoms with Gasteiger partial charge in [-0.2, -0.15) is 0 Å². The molecule has 5 bridgehead atoms. The minimum atomic E-state index is -1.08. The molecule has 2 aromatic rings. The summed E-state index contributed by atoms with van der Waals surface area (Å²) in [5.41, 5.74) is 4.37. The molecule has 0 spiro atoms. The zero-order chi connectivity index (χ0) is 29.9. The van der Waals surface area contributed by atoms with Gasteiger partial charge >= 0.3 is 5.97 Å². The number of rotatable bonds is 2. The second-order valence-electron chi connectivity index (χ2n) is 11.6. The highest BCUT2D eigenvalue weighted by Crippen LogP contribution is 2.29. The standard InChI is InChI=1S/C31H41N5O5/c1-7-31(6)15-14-21-10-11-22-12-13-23(34-25(22)17-21)19(4)32-27(37)24-9-8-16-36(35-24)29(39)20(5)33-28(38)26(18(2)3)41-30(31)40/h10-15,17-20,24,26,35H,7-9,16H2,1-6H3,(H,32,37)(H,33,38)/b15-14+/t19-,20+,24+,26+,31+/m1/s1. The molecule has 0 aliphatic carbocycles. The van der Waals surface area contributed by atoms with Crippen molar-refractivity contribution in [2.24, 2.45) is 11.3 Å². The van der Waals surface area contributed by atoms with Crippen LogP contribution in [0, 0.1) is 11.3 Å². The molecule has 41 heavy (non-hydrogen) atoms. The number of nitrogens with one attached hydrogen (secondary N) is 3. The minimum absolute atomic E-state index is 0.234. The number of esters is 1. The van der Waals surface area contributed by atoms with Crippen LogP contribution < -0.4 is 16.1 Å². The van der Waals surface area contributed by atoms with Crippen LogP contribution in [0.4, 0.5) is 0 Å².